The maximum atomic E-state index is 12.0. The number of ether oxygens (including phenoxy) is 3. The van der Waals surface area contributed by atoms with E-state index < -0.39 is 24.3 Å². The van der Waals surface area contributed by atoms with Crippen LogP contribution in [0.3, 0.4) is 0 Å². The lowest BCUT2D eigenvalue weighted by Gasteiger charge is -2.14. The second-order valence-electron chi connectivity index (χ2n) is 8.04. The van der Waals surface area contributed by atoms with Gasteiger partial charge >= 0.3 is 18.2 Å². The van der Waals surface area contributed by atoms with Crippen LogP contribution >= 0.6 is 0 Å². The van der Waals surface area contributed by atoms with Crippen LogP contribution in [0.15, 0.2) is 60.7 Å². The molecular weight excluding hydrogens is 436 g/mol. The SMILES string of the molecule is C=C(C)C(=O)OCC(C)OC(=O)Nc1ccc(Cc2ccc(NC(=O)OC(C)CC)cc2)cc1. The maximum absolute atomic E-state index is 12.0. The van der Waals surface area contributed by atoms with E-state index in [0.29, 0.717) is 17.8 Å². The molecule has 2 unspecified atom stereocenters. The molecule has 0 aliphatic rings. The van der Waals surface area contributed by atoms with Crippen LogP contribution in [0.1, 0.15) is 45.2 Å². The van der Waals surface area contributed by atoms with Crippen LogP contribution in [0.2, 0.25) is 0 Å². The summed E-state index contributed by atoms with van der Waals surface area (Å²) in [6.07, 6.45) is -0.390. The molecule has 2 N–H and O–H groups in total. The van der Waals surface area contributed by atoms with E-state index in [2.05, 4.69) is 17.2 Å². The van der Waals surface area contributed by atoms with Crippen molar-refractivity contribution in [3.8, 4) is 0 Å². The van der Waals surface area contributed by atoms with Crippen molar-refractivity contribution in [3.63, 3.8) is 0 Å². The van der Waals surface area contributed by atoms with Gasteiger partial charge in [-0.15, -0.1) is 0 Å². The first kappa shape index (κ1) is 26.4. The molecule has 0 bridgehead atoms. The summed E-state index contributed by atoms with van der Waals surface area (Å²) < 4.78 is 15.4. The number of carbonyl (C=O) groups excluding carboxylic acids is 3. The maximum Gasteiger partial charge on any atom is 0.412 e. The van der Waals surface area contributed by atoms with Crippen molar-refractivity contribution in [2.45, 2.75) is 52.7 Å². The van der Waals surface area contributed by atoms with Crippen molar-refractivity contribution in [1.29, 1.82) is 0 Å². The average molecular weight is 469 g/mol. The van der Waals surface area contributed by atoms with E-state index in [-0.39, 0.29) is 18.3 Å². The number of nitrogens with one attached hydrogen (secondary N) is 2. The minimum atomic E-state index is -0.637. The molecule has 0 fully saturated rings. The summed E-state index contributed by atoms with van der Waals surface area (Å²) in [6.45, 7) is 10.4. The average Bonchev–Trinajstić information content (AvgIpc) is 2.79. The molecule has 2 aromatic carbocycles. The molecule has 0 saturated carbocycles. The molecule has 2 rings (SSSR count). The number of amides is 2. The number of rotatable bonds is 10. The smallest absolute Gasteiger partial charge is 0.412 e. The van der Waals surface area contributed by atoms with Gasteiger partial charge in [-0.2, -0.15) is 0 Å². The van der Waals surface area contributed by atoms with Gasteiger partial charge in [-0.05, 0) is 69.0 Å². The van der Waals surface area contributed by atoms with E-state index in [1.165, 1.54) is 0 Å². The van der Waals surface area contributed by atoms with Gasteiger partial charge in [0.25, 0.3) is 0 Å². The molecule has 8 nitrogen and oxygen atoms in total. The first-order valence-corrected chi connectivity index (χ1v) is 11.1. The van der Waals surface area contributed by atoms with Crippen LogP contribution in [0, 0.1) is 0 Å². The fraction of sp³-hybridized carbons (Fsp3) is 0.346. The molecule has 8 heteroatoms. The Bertz CT molecular complexity index is 985. The van der Waals surface area contributed by atoms with Gasteiger partial charge in [-0.25, -0.2) is 14.4 Å². The van der Waals surface area contributed by atoms with Gasteiger partial charge in [0.2, 0.25) is 0 Å². The molecule has 0 heterocycles. The second kappa shape index (κ2) is 13.0. The summed E-state index contributed by atoms with van der Waals surface area (Å²) in [6, 6.07) is 14.9. The molecule has 0 saturated heterocycles. The summed E-state index contributed by atoms with van der Waals surface area (Å²) in [7, 11) is 0. The topological polar surface area (TPSA) is 103 Å². The zero-order chi connectivity index (χ0) is 25.1. The normalized spacial score (nSPS) is 12.1. The quantitative estimate of drug-likeness (QED) is 0.264. The predicted molar refractivity (Wildman–Crippen MR) is 131 cm³/mol. The lowest BCUT2D eigenvalue weighted by molar-refractivity contribution is -0.141. The number of hydrogen-bond donors (Lipinski definition) is 2. The molecule has 0 aliphatic carbocycles. The number of benzene rings is 2. The highest BCUT2D eigenvalue weighted by Crippen LogP contribution is 2.17. The van der Waals surface area contributed by atoms with Crippen molar-refractivity contribution >= 4 is 29.5 Å². The van der Waals surface area contributed by atoms with Crippen LogP contribution in [0.25, 0.3) is 0 Å². The van der Waals surface area contributed by atoms with Gasteiger partial charge in [0.15, 0.2) is 0 Å². The molecule has 0 radical (unpaired) electrons. The Morgan fingerprint density at radius 2 is 1.26 bits per heavy atom. The van der Waals surface area contributed by atoms with Crippen molar-refractivity contribution in [2.75, 3.05) is 17.2 Å². The van der Waals surface area contributed by atoms with E-state index in [0.717, 1.165) is 17.5 Å². The van der Waals surface area contributed by atoms with Gasteiger partial charge in [-0.3, -0.25) is 10.6 Å². The third-order valence-corrected chi connectivity index (χ3v) is 4.80. The minimum absolute atomic E-state index is 0.0502. The van der Waals surface area contributed by atoms with E-state index in [1.54, 1.807) is 26.0 Å². The number of hydrogen-bond acceptors (Lipinski definition) is 6. The van der Waals surface area contributed by atoms with Crippen molar-refractivity contribution < 1.29 is 28.6 Å². The molecule has 0 aromatic heterocycles. The second-order valence-corrected chi connectivity index (χ2v) is 8.04. The number of esters is 1. The molecule has 2 aromatic rings. The Labute approximate surface area is 200 Å². The lowest BCUT2D eigenvalue weighted by atomic mass is 10.0. The minimum Gasteiger partial charge on any atom is -0.458 e. The van der Waals surface area contributed by atoms with Crippen LogP contribution in [0.4, 0.5) is 21.0 Å². The number of anilines is 2. The first-order valence-electron chi connectivity index (χ1n) is 11.1. The van der Waals surface area contributed by atoms with E-state index in [1.807, 2.05) is 50.2 Å². The molecule has 34 heavy (non-hydrogen) atoms. The largest absolute Gasteiger partial charge is 0.458 e. The van der Waals surface area contributed by atoms with Gasteiger partial charge in [0, 0.05) is 16.9 Å². The molecule has 2 amide bonds. The zero-order valence-electron chi connectivity index (χ0n) is 20.1. The Morgan fingerprint density at radius 3 is 1.68 bits per heavy atom. The molecule has 2 atom stereocenters. The Kier molecular flexibility index (Phi) is 10.1. The van der Waals surface area contributed by atoms with Gasteiger partial charge in [0.1, 0.15) is 18.8 Å². The fourth-order valence-electron chi connectivity index (χ4n) is 2.74. The lowest BCUT2D eigenvalue weighted by Crippen LogP contribution is -2.25. The van der Waals surface area contributed by atoms with Crippen LogP contribution in [-0.2, 0) is 25.4 Å². The molecule has 0 spiro atoms. The molecule has 0 aliphatic heterocycles. The highest BCUT2D eigenvalue weighted by atomic mass is 16.6. The van der Waals surface area contributed by atoms with Gasteiger partial charge in [-0.1, -0.05) is 37.8 Å². The number of carbonyl (C=O) groups is 3. The molecule has 182 valence electrons. The predicted octanol–water partition coefficient (Wildman–Crippen LogP) is 5.68. The third kappa shape index (κ3) is 9.36. The Morgan fingerprint density at radius 1 is 0.824 bits per heavy atom. The summed E-state index contributed by atoms with van der Waals surface area (Å²) in [5.74, 6) is -0.526. The first-order chi connectivity index (χ1) is 16.2. The van der Waals surface area contributed by atoms with Crippen LogP contribution < -0.4 is 10.6 Å². The Balaban J connectivity index is 1.81. The summed E-state index contributed by atoms with van der Waals surface area (Å²) in [5, 5.41) is 5.36. The van der Waals surface area contributed by atoms with Crippen molar-refractivity contribution in [2.24, 2.45) is 0 Å². The van der Waals surface area contributed by atoms with E-state index in [9.17, 15) is 14.4 Å². The van der Waals surface area contributed by atoms with Crippen molar-refractivity contribution in [3.05, 3.63) is 71.8 Å². The zero-order valence-corrected chi connectivity index (χ0v) is 20.1. The highest BCUT2D eigenvalue weighted by molar-refractivity contribution is 5.87. The Hall–Kier alpha value is -3.81. The van der Waals surface area contributed by atoms with E-state index >= 15 is 0 Å². The fourth-order valence-corrected chi connectivity index (χ4v) is 2.74. The third-order valence-electron chi connectivity index (χ3n) is 4.80. The highest BCUT2D eigenvalue weighted by Gasteiger charge is 2.13. The monoisotopic (exact) mass is 468 g/mol. The van der Waals surface area contributed by atoms with E-state index in [4.69, 9.17) is 14.2 Å². The summed E-state index contributed by atoms with van der Waals surface area (Å²) >= 11 is 0. The summed E-state index contributed by atoms with van der Waals surface area (Å²) in [5.41, 5.74) is 3.65. The van der Waals surface area contributed by atoms with Crippen LogP contribution in [0.5, 0.6) is 0 Å². The molecular formula is C26H32N2O6. The van der Waals surface area contributed by atoms with Gasteiger partial charge in [0.05, 0.1) is 0 Å². The van der Waals surface area contributed by atoms with Crippen molar-refractivity contribution in [1.82, 2.24) is 0 Å². The standard InChI is InChI=1S/C26H32N2O6/c1-6-18(4)33-25(30)27-22-11-7-20(8-12-22)15-21-9-13-23(14-10-21)28-26(31)34-19(5)16-32-24(29)17(2)3/h7-14,18-19H,2,6,15-16H2,1,3-5H3,(H,27,30)(H,28,31). The van der Waals surface area contributed by atoms with Crippen LogP contribution in [-0.4, -0.2) is 37.0 Å². The van der Waals surface area contributed by atoms with Gasteiger partial charge < -0.3 is 14.2 Å². The summed E-state index contributed by atoms with van der Waals surface area (Å²) in [4.78, 5) is 35.2.